The van der Waals surface area contributed by atoms with Crippen LogP contribution in [-0.4, -0.2) is 41.3 Å². The van der Waals surface area contributed by atoms with Gasteiger partial charge < -0.3 is 15.2 Å². The Hall–Kier alpha value is -1.82. The number of anilines is 1. The van der Waals surface area contributed by atoms with E-state index in [1.165, 1.54) is 0 Å². The monoisotopic (exact) mass is 293 g/mol. The van der Waals surface area contributed by atoms with Crippen molar-refractivity contribution in [2.24, 2.45) is 0 Å². The largest absolute Gasteiger partial charge is 0.444 e. The summed E-state index contributed by atoms with van der Waals surface area (Å²) >= 11 is 0. The van der Waals surface area contributed by atoms with Gasteiger partial charge >= 0.3 is 6.09 Å². The van der Waals surface area contributed by atoms with E-state index in [-0.39, 0.29) is 12.1 Å². The quantitative estimate of drug-likeness (QED) is 0.860. The summed E-state index contributed by atoms with van der Waals surface area (Å²) in [5, 5.41) is 0. The van der Waals surface area contributed by atoms with Crippen molar-refractivity contribution < 1.29 is 14.3 Å². The van der Waals surface area contributed by atoms with E-state index in [9.17, 15) is 4.79 Å². The number of pyridine rings is 1. The maximum Gasteiger partial charge on any atom is 0.410 e. The molecule has 2 heterocycles. The van der Waals surface area contributed by atoms with Crippen LogP contribution in [0, 0.1) is 0 Å². The second kappa shape index (κ2) is 6.30. The summed E-state index contributed by atoms with van der Waals surface area (Å²) in [5.74, 6) is 0. The molecule has 2 rings (SSSR count). The van der Waals surface area contributed by atoms with Crippen LogP contribution in [0.1, 0.15) is 38.8 Å². The van der Waals surface area contributed by atoms with E-state index in [1.807, 2.05) is 26.8 Å². The predicted octanol–water partition coefficient (Wildman–Crippen LogP) is 2.36. The highest BCUT2D eigenvalue weighted by atomic mass is 16.6. The zero-order chi connectivity index (χ0) is 15.5. The van der Waals surface area contributed by atoms with E-state index < -0.39 is 5.60 Å². The molecule has 0 aliphatic carbocycles. The van der Waals surface area contributed by atoms with Gasteiger partial charge in [0.2, 0.25) is 0 Å². The number of nitrogen functional groups attached to an aromatic ring is 1. The SMILES string of the molecule is CC(C)(C)OC(=O)N1CCCOC[C@H]1c1cncc(N)c1. The summed E-state index contributed by atoms with van der Waals surface area (Å²) in [6.07, 6.45) is 3.75. The number of hydrogen-bond donors (Lipinski definition) is 1. The second-order valence-electron chi connectivity index (χ2n) is 6.17. The van der Waals surface area contributed by atoms with Gasteiger partial charge in [0.15, 0.2) is 0 Å². The number of carbonyl (C=O) groups excluding carboxylic acids is 1. The Bertz CT molecular complexity index is 499. The number of nitrogens with two attached hydrogens (primary N) is 1. The first kappa shape index (κ1) is 15.6. The molecule has 116 valence electrons. The molecule has 1 aromatic heterocycles. The van der Waals surface area contributed by atoms with Crippen molar-refractivity contribution in [1.29, 1.82) is 0 Å². The van der Waals surface area contributed by atoms with Crippen molar-refractivity contribution in [3.8, 4) is 0 Å². The summed E-state index contributed by atoms with van der Waals surface area (Å²) in [6.45, 7) is 7.22. The minimum atomic E-state index is -0.525. The van der Waals surface area contributed by atoms with Crippen LogP contribution in [0.3, 0.4) is 0 Å². The number of aromatic nitrogens is 1. The topological polar surface area (TPSA) is 77.7 Å². The summed E-state index contributed by atoms with van der Waals surface area (Å²) in [4.78, 5) is 18.2. The summed E-state index contributed by atoms with van der Waals surface area (Å²) in [5.41, 5.74) is 6.70. The van der Waals surface area contributed by atoms with Crippen molar-refractivity contribution in [1.82, 2.24) is 9.88 Å². The Morgan fingerprint density at radius 3 is 2.90 bits per heavy atom. The molecule has 0 saturated carbocycles. The third-order valence-electron chi connectivity index (χ3n) is 3.13. The molecule has 1 atom stereocenters. The molecule has 21 heavy (non-hydrogen) atoms. The van der Waals surface area contributed by atoms with Gasteiger partial charge in [-0.2, -0.15) is 0 Å². The van der Waals surface area contributed by atoms with Gasteiger partial charge in [0.1, 0.15) is 5.60 Å². The van der Waals surface area contributed by atoms with Gasteiger partial charge in [0.25, 0.3) is 0 Å². The number of nitrogens with zero attached hydrogens (tertiary/aromatic N) is 2. The van der Waals surface area contributed by atoms with E-state index in [0.717, 1.165) is 12.0 Å². The van der Waals surface area contributed by atoms with Crippen LogP contribution < -0.4 is 5.73 Å². The maximum atomic E-state index is 12.4. The minimum absolute atomic E-state index is 0.224. The fourth-order valence-electron chi connectivity index (χ4n) is 2.25. The molecule has 0 spiro atoms. The van der Waals surface area contributed by atoms with Crippen LogP contribution in [0.15, 0.2) is 18.5 Å². The van der Waals surface area contributed by atoms with E-state index in [0.29, 0.717) is 25.4 Å². The van der Waals surface area contributed by atoms with Gasteiger partial charge in [-0.25, -0.2) is 4.79 Å². The van der Waals surface area contributed by atoms with Gasteiger partial charge in [0, 0.05) is 25.5 Å². The molecule has 6 nitrogen and oxygen atoms in total. The molecule has 1 amide bonds. The molecule has 6 heteroatoms. The highest BCUT2D eigenvalue weighted by Gasteiger charge is 2.31. The minimum Gasteiger partial charge on any atom is -0.444 e. The molecule has 1 aliphatic heterocycles. The molecule has 0 radical (unpaired) electrons. The van der Waals surface area contributed by atoms with Crippen LogP contribution in [0.5, 0.6) is 0 Å². The van der Waals surface area contributed by atoms with Crippen molar-refractivity contribution in [2.75, 3.05) is 25.5 Å². The molecular weight excluding hydrogens is 270 g/mol. The highest BCUT2D eigenvalue weighted by molar-refractivity contribution is 5.69. The van der Waals surface area contributed by atoms with Gasteiger partial charge in [0.05, 0.1) is 18.3 Å². The molecule has 1 aromatic rings. The van der Waals surface area contributed by atoms with E-state index >= 15 is 0 Å². The average molecular weight is 293 g/mol. The first-order chi connectivity index (χ1) is 9.87. The van der Waals surface area contributed by atoms with E-state index in [1.54, 1.807) is 17.3 Å². The zero-order valence-corrected chi connectivity index (χ0v) is 12.8. The number of rotatable bonds is 1. The van der Waals surface area contributed by atoms with Crippen LogP contribution in [0.4, 0.5) is 10.5 Å². The lowest BCUT2D eigenvalue weighted by Crippen LogP contribution is -2.40. The summed E-state index contributed by atoms with van der Waals surface area (Å²) in [6, 6.07) is 1.60. The lowest BCUT2D eigenvalue weighted by Gasteiger charge is -2.31. The van der Waals surface area contributed by atoms with Gasteiger partial charge in [-0.1, -0.05) is 0 Å². The average Bonchev–Trinajstić information content (AvgIpc) is 2.62. The van der Waals surface area contributed by atoms with Crippen molar-refractivity contribution in [3.05, 3.63) is 24.0 Å². The van der Waals surface area contributed by atoms with Crippen LogP contribution in [0.2, 0.25) is 0 Å². The second-order valence-corrected chi connectivity index (χ2v) is 6.17. The van der Waals surface area contributed by atoms with E-state index in [2.05, 4.69) is 4.98 Å². The Labute approximate surface area is 125 Å². The molecule has 1 saturated heterocycles. The van der Waals surface area contributed by atoms with Crippen molar-refractivity contribution >= 4 is 11.8 Å². The number of ether oxygens (including phenoxy) is 2. The Kier molecular flexibility index (Phi) is 4.67. The Balaban J connectivity index is 2.24. The zero-order valence-electron chi connectivity index (χ0n) is 12.8. The fraction of sp³-hybridized carbons (Fsp3) is 0.600. The first-order valence-electron chi connectivity index (χ1n) is 7.14. The molecule has 1 fully saturated rings. The molecule has 2 N–H and O–H groups in total. The molecular formula is C15H23N3O3. The third-order valence-corrected chi connectivity index (χ3v) is 3.13. The number of amides is 1. The van der Waals surface area contributed by atoms with Gasteiger partial charge in [-0.3, -0.25) is 9.88 Å². The third kappa shape index (κ3) is 4.32. The normalized spacial score (nSPS) is 20.0. The predicted molar refractivity (Wildman–Crippen MR) is 79.8 cm³/mol. The Morgan fingerprint density at radius 2 is 2.24 bits per heavy atom. The lowest BCUT2D eigenvalue weighted by molar-refractivity contribution is 0.0118. The first-order valence-corrected chi connectivity index (χ1v) is 7.14. The fourth-order valence-corrected chi connectivity index (χ4v) is 2.25. The molecule has 0 aromatic carbocycles. The maximum absolute atomic E-state index is 12.4. The summed E-state index contributed by atoms with van der Waals surface area (Å²) < 4.78 is 11.1. The lowest BCUT2D eigenvalue weighted by atomic mass is 10.1. The molecule has 0 unspecified atom stereocenters. The van der Waals surface area contributed by atoms with Crippen molar-refractivity contribution in [2.45, 2.75) is 38.8 Å². The smallest absolute Gasteiger partial charge is 0.410 e. The highest BCUT2D eigenvalue weighted by Crippen LogP contribution is 2.26. The van der Waals surface area contributed by atoms with Crippen LogP contribution in [0.25, 0.3) is 0 Å². The number of hydrogen-bond acceptors (Lipinski definition) is 5. The molecule has 1 aliphatic rings. The standard InChI is InChI=1S/C15H23N3O3/c1-15(2,3)21-14(19)18-5-4-6-20-10-13(18)11-7-12(16)9-17-8-11/h7-9,13H,4-6,10,16H2,1-3H3/t13-/m0/s1. The Morgan fingerprint density at radius 1 is 1.48 bits per heavy atom. The summed E-state index contributed by atoms with van der Waals surface area (Å²) in [7, 11) is 0. The van der Waals surface area contributed by atoms with Gasteiger partial charge in [-0.05, 0) is 38.8 Å². The molecule has 0 bridgehead atoms. The van der Waals surface area contributed by atoms with Crippen LogP contribution >= 0.6 is 0 Å². The van der Waals surface area contributed by atoms with Crippen LogP contribution in [-0.2, 0) is 9.47 Å². The van der Waals surface area contributed by atoms with Gasteiger partial charge in [-0.15, -0.1) is 0 Å². The van der Waals surface area contributed by atoms with Crippen molar-refractivity contribution in [3.63, 3.8) is 0 Å². The number of carbonyl (C=O) groups is 1. The van der Waals surface area contributed by atoms with E-state index in [4.69, 9.17) is 15.2 Å².